The highest BCUT2D eigenvalue weighted by Crippen LogP contribution is 2.66. The van der Waals surface area contributed by atoms with Gasteiger partial charge in [-0.25, -0.2) is 0 Å². The standard InChI is InChI=1S/C24H38O3/c1-15(4-9-22(26)27)19-7-8-20-18-6-5-16-14-17(25)10-12-23(16,2)21(18)11-13-24(19,20)3/h11,13,15-21,25H,4-10,12,14H2,1-3H3,(H,26,27)/t15-,16+,17+,18+,19-,20+,21-,23-,24-/m1/s1. The molecule has 3 saturated carbocycles. The van der Waals surface area contributed by atoms with Gasteiger partial charge in [0.25, 0.3) is 0 Å². The molecule has 0 unspecified atom stereocenters. The van der Waals surface area contributed by atoms with E-state index in [2.05, 4.69) is 32.9 Å². The van der Waals surface area contributed by atoms with Gasteiger partial charge in [0.1, 0.15) is 0 Å². The van der Waals surface area contributed by atoms with E-state index in [-0.39, 0.29) is 11.5 Å². The molecule has 0 spiro atoms. The van der Waals surface area contributed by atoms with Gasteiger partial charge in [0, 0.05) is 6.42 Å². The van der Waals surface area contributed by atoms with E-state index in [0.717, 1.165) is 31.1 Å². The molecule has 0 aromatic rings. The summed E-state index contributed by atoms with van der Waals surface area (Å²) in [6.45, 7) is 7.26. The molecule has 3 heteroatoms. The number of carbonyl (C=O) groups is 1. The Bertz CT molecular complexity index is 613. The summed E-state index contributed by atoms with van der Waals surface area (Å²) >= 11 is 0. The molecule has 3 fully saturated rings. The van der Waals surface area contributed by atoms with E-state index in [1.165, 1.54) is 32.1 Å². The number of carboxylic acids is 1. The zero-order chi connectivity index (χ0) is 19.4. The fourth-order valence-electron chi connectivity index (χ4n) is 8.10. The Morgan fingerprint density at radius 2 is 1.96 bits per heavy atom. The number of allylic oxidation sites excluding steroid dienone is 2. The summed E-state index contributed by atoms with van der Waals surface area (Å²) in [5.41, 5.74) is 0.615. The van der Waals surface area contributed by atoms with Crippen molar-refractivity contribution in [1.82, 2.24) is 0 Å². The van der Waals surface area contributed by atoms with Crippen molar-refractivity contribution in [3.05, 3.63) is 12.2 Å². The lowest BCUT2D eigenvalue weighted by Crippen LogP contribution is -2.52. The van der Waals surface area contributed by atoms with E-state index in [9.17, 15) is 9.90 Å². The molecule has 27 heavy (non-hydrogen) atoms. The van der Waals surface area contributed by atoms with Crippen LogP contribution in [-0.4, -0.2) is 22.3 Å². The number of fused-ring (bicyclic) bond motifs is 5. The van der Waals surface area contributed by atoms with E-state index in [1.807, 2.05) is 0 Å². The second-order valence-corrected chi connectivity index (χ2v) is 10.8. The first-order valence-corrected chi connectivity index (χ1v) is 11.3. The van der Waals surface area contributed by atoms with Crippen molar-refractivity contribution >= 4 is 5.97 Å². The summed E-state index contributed by atoms with van der Waals surface area (Å²) in [5, 5.41) is 19.3. The molecule has 3 nitrogen and oxygen atoms in total. The maximum absolute atomic E-state index is 11.0. The molecule has 0 amide bonds. The van der Waals surface area contributed by atoms with Crippen LogP contribution >= 0.6 is 0 Å². The number of rotatable bonds is 4. The van der Waals surface area contributed by atoms with E-state index >= 15 is 0 Å². The van der Waals surface area contributed by atoms with Crippen molar-refractivity contribution in [2.75, 3.05) is 0 Å². The zero-order valence-corrected chi connectivity index (χ0v) is 17.4. The highest BCUT2D eigenvalue weighted by molar-refractivity contribution is 5.66. The SMILES string of the molecule is C[C@H](CCC(=O)O)[C@H]1CC[C@H]2[C@@H]3CC[C@H]4C[C@@H](O)CC[C@@]4(C)[C@@H]3C=C[C@]12C. The van der Waals surface area contributed by atoms with E-state index < -0.39 is 5.97 Å². The molecule has 9 atom stereocenters. The van der Waals surface area contributed by atoms with Gasteiger partial charge in [-0.2, -0.15) is 0 Å². The van der Waals surface area contributed by atoms with Gasteiger partial charge in [0.15, 0.2) is 0 Å². The summed E-state index contributed by atoms with van der Waals surface area (Å²) in [4.78, 5) is 11.0. The molecule has 0 bridgehead atoms. The monoisotopic (exact) mass is 374 g/mol. The first kappa shape index (κ1) is 19.5. The lowest BCUT2D eigenvalue weighted by atomic mass is 9.46. The molecule has 0 aliphatic heterocycles. The smallest absolute Gasteiger partial charge is 0.303 e. The van der Waals surface area contributed by atoms with Gasteiger partial charge in [-0.05, 0) is 97.7 Å². The second kappa shape index (κ2) is 6.90. The van der Waals surface area contributed by atoms with Gasteiger partial charge < -0.3 is 10.2 Å². The van der Waals surface area contributed by atoms with Gasteiger partial charge in [-0.1, -0.05) is 32.9 Å². The lowest BCUT2D eigenvalue weighted by molar-refractivity contribution is -0.137. The Morgan fingerprint density at radius 3 is 2.70 bits per heavy atom. The molecule has 0 aromatic heterocycles. The fourth-order valence-corrected chi connectivity index (χ4v) is 8.10. The predicted octanol–water partition coefficient (Wildman–Crippen LogP) is 5.28. The summed E-state index contributed by atoms with van der Waals surface area (Å²) in [5.74, 6) is 3.35. The Labute approximate surface area is 164 Å². The molecular formula is C24H38O3. The number of aliphatic hydroxyl groups is 1. The third-order valence-corrected chi connectivity index (χ3v) is 9.64. The summed E-state index contributed by atoms with van der Waals surface area (Å²) in [6, 6.07) is 0. The largest absolute Gasteiger partial charge is 0.481 e. The highest BCUT2D eigenvalue weighted by atomic mass is 16.4. The van der Waals surface area contributed by atoms with Crippen LogP contribution in [0.25, 0.3) is 0 Å². The van der Waals surface area contributed by atoms with Gasteiger partial charge in [0.05, 0.1) is 6.10 Å². The summed E-state index contributed by atoms with van der Waals surface area (Å²) < 4.78 is 0. The van der Waals surface area contributed by atoms with Crippen LogP contribution in [0.15, 0.2) is 12.2 Å². The van der Waals surface area contributed by atoms with Crippen LogP contribution in [0.2, 0.25) is 0 Å². The van der Waals surface area contributed by atoms with Crippen LogP contribution in [0.3, 0.4) is 0 Å². The lowest BCUT2D eigenvalue weighted by Gasteiger charge is -2.58. The summed E-state index contributed by atoms with van der Waals surface area (Å²) in [6.07, 6.45) is 14.5. The van der Waals surface area contributed by atoms with E-state index in [4.69, 9.17) is 5.11 Å². The van der Waals surface area contributed by atoms with Crippen molar-refractivity contribution in [3.63, 3.8) is 0 Å². The molecule has 4 rings (SSSR count). The zero-order valence-electron chi connectivity index (χ0n) is 17.4. The van der Waals surface area contributed by atoms with Crippen LogP contribution < -0.4 is 0 Å². The average Bonchev–Trinajstić information content (AvgIpc) is 2.97. The fraction of sp³-hybridized carbons (Fsp3) is 0.875. The van der Waals surface area contributed by atoms with Gasteiger partial charge in [-0.3, -0.25) is 4.79 Å². The molecule has 0 aromatic carbocycles. The van der Waals surface area contributed by atoms with Crippen LogP contribution in [0.1, 0.15) is 78.6 Å². The van der Waals surface area contributed by atoms with Crippen molar-refractivity contribution in [2.24, 2.45) is 46.3 Å². The first-order chi connectivity index (χ1) is 12.8. The minimum absolute atomic E-state index is 0.0802. The minimum Gasteiger partial charge on any atom is -0.481 e. The maximum Gasteiger partial charge on any atom is 0.303 e. The van der Waals surface area contributed by atoms with Crippen LogP contribution in [-0.2, 0) is 4.79 Å². The molecule has 0 radical (unpaired) electrons. The third kappa shape index (κ3) is 3.09. The van der Waals surface area contributed by atoms with Crippen molar-refractivity contribution in [1.29, 1.82) is 0 Å². The number of hydrogen-bond acceptors (Lipinski definition) is 2. The normalized spacial score (nSPS) is 49.8. The Balaban J connectivity index is 1.56. The van der Waals surface area contributed by atoms with Gasteiger partial charge in [-0.15, -0.1) is 0 Å². The van der Waals surface area contributed by atoms with Crippen molar-refractivity contribution < 1.29 is 15.0 Å². The van der Waals surface area contributed by atoms with Crippen LogP contribution in [0.5, 0.6) is 0 Å². The first-order valence-electron chi connectivity index (χ1n) is 11.3. The van der Waals surface area contributed by atoms with Crippen molar-refractivity contribution in [3.8, 4) is 0 Å². The van der Waals surface area contributed by atoms with Crippen molar-refractivity contribution in [2.45, 2.75) is 84.7 Å². The molecule has 2 N–H and O–H groups in total. The van der Waals surface area contributed by atoms with Crippen LogP contribution in [0.4, 0.5) is 0 Å². The molecule has 4 aliphatic carbocycles. The average molecular weight is 375 g/mol. The topological polar surface area (TPSA) is 57.5 Å². The quantitative estimate of drug-likeness (QED) is 0.658. The second-order valence-electron chi connectivity index (χ2n) is 10.8. The third-order valence-electron chi connectivity index (χ3n) is 9.64. The summed E-state index contributed by atoms with van der Waals surface area (Å²) in [7, 11) is 0. The van der Waals surface area contributed by atoms with Gasteiger partial charge in [0.2, 0.25) is 0 Å². The Kier molecular flexibility index (Phi) is 4.98. The Hall–Kier alpha value is -0.830. The predicted molar refractivity (Wildman–Crippen MR) is 107 cm³/mol. The molecule has 0 heterocycles. The van der Waals surface area contributed by atoms with E-state index in [1.54, 1.807) is 0 Å². The Morgan fingerprint density at radius 1 is 1.19 bits per heavy atom. The molecular weight excluding hydrogens is 336 g/mol. The number of hydrogen-bond donors (Lipinski definition) is 2. The van der Waals surface area contributed by atoms with Crippen LogP contribution in [0, 0.1) is 46.3 Å². The number of carboxylic acid groups (broad SMARTS) is 1. The highest BCUT2D eigenvalue weighted by Gasteiger charge is 2.58. The molecule has 0 saturated heterocycles. The molecule has 4 aliphatic rings. The number of aliphatic carboxylic acids is 1. The van der Waals surface area contributed by atoms with Gasteiger partial charge >= 0.3 is 5.97 Å². The molecule has 152 valence electrons. The number of aliphatic hydroxyl groups excluding tert-OH is 1. The minimum atomic E-state index is -0.661. The van der Waals surface area contributed by atoms with E-state index in [0.29, 0.717) is 35.5 Å². The maximum atomic E-state index is 11.0.